The molecule has 1 atom stereocenters. The second kappa shape index (κ2) is 6.71. The van der Waals surface area contributed by atoms with Crippen LogP contribution in [0.4, 0.5) is 23.2 Å². The number of hydrogen-bond acceptors (Lipinski definition) is 2. The van der Waals surface area contributed by atoms with Crippen LogP contribution < -0.4 is 4.90 Å². The summed E-state index contributed by atoms with van der Waals surface area (Å²) in [5, 5.41) is 0. The van der Waals surface area contributed by atoms with Gasteiger partial charge in [-0.2, -0.15) is 13.2 Å². The Labute approximate surface area is 152 Å². The van der Waals surface area contributed by atoms with E-state index in [0.29, 0.717) is 0 Å². The van der Waals surface area contributed by atoms with Crippen molar-refractivity contribution in [1.82, 2.24) is 9.47 Å². The van der Waals surface area contributed by atoms with Crippen molar-refractivity contribution in [1.29, 1.82) is 0 Å². The van der Waals surface area contributed by atoms with Gasteiger partial charge in [0.25, 0.3) is 5.91 Å². The molecule has 0 aliphatic carbocycles. The standard InChI is InChI=1S/C18H17F4N3O2/c1-23-9-11(12(10-23)18(20,21)22)16(26)24(2)15-7-8-25(17(15)27)14-6-4-3-5-13(14)19/h3-6,9-10,15H,7-8H2,1-2H3/t15-/m0/s1. The first-order valence-electron chi connectivity index (χ1n) is 8.17. The molecule has 2 amide bonds. The largest absolute Gasteiger partial charge is 0.418 e. The van der Waals surface area contributed by atoms with Gasteiger partial charge in [0.05, 0.1) is 16.8 Å². The van der Waals surface area contributed by atoms with Crippen molar-refractivity contribution in [2.45, 2.75) is 18.6 Å². The summed E-state index contributed by atoms with van der Waals surface area (Å²) in [6.07, 6.45) is -2.59. The van der Waals surface area contributed by atoms with Gasteiger partial charge < -0.3 is 14.4 Å². The van der Waals surface area contributed by atoms with E-state index in [9.17, 15) is 27.2 Å². The number of benzene rings is 1. The molecule has 1 fully saturated rings. The molecule has 2 aromatic rings. The van der Waals surface area contributed by atoms with E-state index < -0.39 is 41.0 Å². The third kappa shape index (κ3) is 3.41. The van der Waals surface area contributed by atoms with Crippen LogP contribution in [0.25, 0.3) is 0 Å². The fraction of sp³-hybridized carbons (Fsp3) is 0.333. The lowest BCUT2D eigenvalue weighted by Gasteiger charge is -2.24. The van der Waals surface area contributed by atoms with Gasteiger partial charge in [-0.1, -0.05) is 12.1 Å². The Balaban J connectivity index is 1.85. The number of aryl methyl sites for hydroxylation is 1. The Morgan fingerprint density at radius 1 is 1.22 bits per heavy atom. The average molecular weight is 383 g/mol. The minimum absolute atomic E-state index is 0.0848. The zero-order valence-electron chi connectivity index (χ0n) is 14.6. The van der Waals surface area contributed by atoms with Crippen molar-refractivity contribution in [2.24, 2.45) is 7.05 Å². The van der Waals surface area contributed by atoms with Gasteiger partial charge in [0.2, 0.25) is 5.91 Å². The normalized spacial score (nSPS) is 17.5. The third-order valence-electron chi connectivity index (χ3n) is 4.60. The van der Waals surface area contributed by atoms with Crippen molar-refractivity contribution in [3.8, 4) is 0 Å². The van der Waals surface area contributed by atoms with E-state index in [0.717, 1.165) is 21.9 Å². The summed E-state index contributed by atoms with van der Waals surface area (Å²) in [7, 11) is 2.66. The molecule has 1 aromatic carbocycles. The van der Waals surface area contributed by atoms with Crippen molar-refractivity contribution < 1.29 is 27.2 Å². The van der Waals surface area contributed by atoms with Crippen LogP contribution in [0.5, 0.6) is 0 Å². The Morgan fingerprint density at radius 2 is 1.89 bits per heavy atom. The molecule has 0 spiro atoms. The molecule has 0 saturated carbocycles. The number of alkyl halides is 3. The molecule has 1 aliphatic rings. The molecule has 27 heavy (non-hydrogen) atoms. The number of hydrogen-bond donors (Lipinski definition) is 0. The SMILES string of the molecule is CN(C(=O)c1cn(C)cc1C(F)(F)F)[C@H]1CCN(c2ccccc2F)C1=O. The lowest BCUT2D eigenvalue weighted by Crippen LogP contribution is -2.43. The van der Waals surface area contributed by atoms with Gasteiger partial charge in [-0.3, -0.25) is 9.59 Å². The smallest absolute Gasteiger partial charge is 0.356 e. The maximum atomic E-state index is 14.0. The first kappa shape index (κ1) is 18.9. The molecule has 0 radical (unpaired) electrons. The maximum absolute atomic E-state index is 14.0. The highest BCUT2D eigenvalue weighted by atomic mass is 19.4. The third-order valence-corrected chi connectivity index (χ3v) is 4.60. The van der Waals surface area contributed by atoms with Crippen molar-refractivity contribution >= 4 is 17.5 Å². The number of nitrogens with zero attached hydrogens (tertiary/aromatic N) is 3. The lowest BCUT2D eigenvalue weighted by molar-refractivity contribution is -0.138. The van der Waals surface area contributed by atoms with Gasteiger partial charge in [-0.25, -0.2) is 4.39 Å². The van der Waals surface area contributed by atoms with Crippen LogP contribution in [-0.4, -0.2) is 40.9 Å². The van der Waals surface area contributed by atoms with Crippen molar-refractivity contribution in [3.05, 3.63) is 53.6 Å². The number of anilines is 1. The van der Waals surface area contributed by atoms with Crippen LogP contribution in [0.1, 0.15) is 22.3 Å². The van der Waals surface area contributed by atoms with Crippen LogP contribution in [0.15, 0.2) is 36.7 Å². The maximum Gasteiger partial charge on any atom is 0.418 e. The number of amides is 2. The van der Waals surface area contributed by atoms with E-state index in [4.69, 9.17) is 0 Å². The van der Waals surface area contributed by atoms with E-state index >= 15 is 0 Å². The summed E-state index contributed by atoms with van der Waals surface area (Å²) in [6.45, 7) is 0.170. The Hall–Kier alpha value is -2.84. The topological polar surface area (TPSA) is 45.6 Å². The second-order valence-corrected chi connectivity index (χ2v) is 6.41. The summed E-state index contributed by atoms with van der Waals surface area (Å²) in [5.41, 5.74) is -1.50. The lowest BCUT2D eigenvalue weighted by atomic mass is 10.1. The first-order chi connectivity index (χ1) is 12.6. The predicted octanol–water partition coefficient (Wildman–Crippen LogP) is 3.06. The van der Waals surface area contributed by atoms with Gasteiger partial charge in [-0.15, -0.1) is 0 Å². The monoisotopic (exact) mass is 383 g/mol. The molecular formula is C18H17F4N3O2. The summed E-state index contributed by atoms with van der Waals surface area (Å²) in [4.78, 5) is 27.5. The van der Waals surface area contributed by atoms with E-state index in [2.05, 4.69) is 0 Å². The molecule has 9 heteroatoms. The van der Waals surface area contributed by atoms with Crippen LogP contribution >= 0.6 is 0 Å². The summed E-state index contributed by atoms with van der Waals surface area (Å²) in [6, 6.07) is 4.76. The van der Waals surface area contributed by atoms with Crippen molar-refractivity contribution in [3.63, 3.8) is 0 Å². The van der Waals surface area contributed by atoms with Gasteiger partial charge in [0, 0.05) is 33.0 Å². The number of carbonyl (C=O) groups is 2. The molecule has 1 aromatic heterocycles. The Morgan fingerprint density at radius 3 is 2.52 bits per heavy atom. The number of halogens is 4. The summed E-state index contributed by atoms with van der Waals surface area (Å²) >= 11 is 0. The minimum atomic E-state index is -4.69. The zero-order valence-corrected chi connectivity index (χ0v) is 14.6. The van der Waals surface area contributed by atoms with Crippen LogP contribution in [-0.2, 0) is 18.0 Å². The predicted molar refractivity (Wildman–Crippen MR) is 89.7 cm³/mol. The van der Waals surface area contributed by atoms with Gasteiger partial charge in [0.1, 0.15) is 11.9 Å². The highest BCUT2D eigenvalue weighted by Gasteiger charge is 2.41. The van der Waals surface area contributed by atoms with E-state index in [1.807, 2.05) is 0 Å². The highest BCUT2D eigenvalue weighted by Crippen LogP contribution is 2.34. The van der Waals surface area contributed by atoms with Gasteiger partial charge in [0.15, 0.2) is 0 Å². The summed E-state index contributed by atoms with van der Waals surface area (Å²) in [5.74, 6) is -2.01. The number of likely N-dealkylation sites (N-methyl/N-ethyl adjacent to an activating group) is 1. The minimum Gasteiger partial charge on any atom is -0.356 e. The van der Waals surface area contributed by atoms with Gasteiger partial charge >= 0.3 is 6.18 Å². The van der Waals surface area contributed by atoms with Crippen LogP contribution in [0.3, 0.4) is 0 Å². The molecule has 2 heterocycles. The van der Waals surface area contributed by atoms with Crippen molar-refractivity contribution in [2.75, 3.05) is 18.5 Å². The number of rotatable bonds is 3. The average Bonchev–Trinajstić information content (AvgIpc) is 3.17. The molecule has 0 bridgehead atoms. The fourth-order valence-corrected chi connectivity index (χ4v) is 3.25. The molecule has 1 saturated heterocycles. The van der Waals surface area contributed by atoms with Gasteiger partial charge in [-0.05, 0) is 18.6 Å². The Kier molecular flexibility index (Phi) is 4.71. The van der Waals surface area contributed by atoms with Crippen LogP contribution in [0.2, 0.25) is 0 Å². The fourth-order valence-electron chi connectivity index (χ4n) is 3.25. The number of aromatic nitrogens is 1. The molecule has 1 aliphatic heterocycles. The molecular weight excluding hydrogens is 366 g/mol. The summed E-state index contributed by atoms with van der Waals surface area (Å²) < 4.78 is 54.6. The van der Waals surface area contributed by atoms with E-state index in [-0.39, 0.29) is 18.7 Å². The highest BCUT2D eigenvalue weighted by molar-refractivity contribution is 6.04. The molecule has 5 nitrogen and oxygen atoms in total. The van der Waals surface area contributed by atoms with E-state index in [1.54, 1.807) is 6.07 Å². The molecule has 0 N–H and O–H groups in total. The second-order valence-electron chi connectivity index (χ2n) is 6.41. The first-order valence-corrected chi connectivity index (χ1v) is 8.17. The van der Waals surface area contributed by atoms with Crippen LogP contribution in [0, 0.1) is 5.82 Å². The Bertz CT molecular complexity index is 891. The molecule has 0 unspecified atom stereocenters. The van der Waals surface area contributed by atoms with E-state index in [1.165, 1.54) is 37.2 Å². The zero-order chi connectivity index (χ0) is 19.9. The number of para-hydroxylation sites is 1. The number of carbonyl (C=O) groups excluding carboxylic acids is 2. The quantitative estimate of drug-likeness (QED) is 0.765. The molecule has 144 valence electrons. The molecule has 3 rings (SSSR count).